The SMILES string of the molecule is C[C@H]1CCCN(c2cc(N3Cc4ccccc4C3)nc(NC(=S)NCc3ccc(Cl)cc3)n2)C1. The Kier molecular flexibility index (Phi) is 6.83. The number of fused-ring (bicyclic) bond motifs is 1. The lowest BCUT2D eigenvalue weighted by Crippen LogP contribution is -2.35. The molecule has 5 rings (SSSR count). The smallest absolute Gasteiger partial charge is 0.232 e. The molecular weight excluding hydrogens is 464 g/mol. The Morgan fingerprint density at radius 2 is 1.71 bits per heavy atom. The minimum Gasteiger partial charge on any atom is -0.358 e. The monoisotopic (exact) mass is 492 g/mol. The number of hydrogen-bond acceptors (Lipinski definition) is 5. The van der Waals surface area contributed by atoms with E-state index in [9.17, 15) is 0 Å². The third kappa shape index (κ3) is 5.42. The van der Waals surface area contributed by atoms with E-state index in [-0.39, 0.29) is 0 Å². The molecule has 6 nitrogen and oxygen atoms in total. The van der Waals surface area contributed by atoms with Crippen LogP contribution in [0.15, 0.2) is 54.6 Å². The van der Waals surface area contributed by atoms with Crippen LogP contribution in [0.1, 0.15) is 36.5 Å². The number of hydrogen-bond donors (Lipinski definition) is 2. The zero-order valence-electron chi connectivity index (χ0n) is 19.3. The van der Waals surface area contributed by atoms with Crippen molar-refractivity contribution in [2.75, 3.05) is 28.2 Å². The van der Waals surface area contributed by atoms with E-state index in [1.54, 1.807) is 0 Å². The predicted molar refractivity (Wildman–Crippen MR) is 143 cm³/mol. The summed E-state index contributed by atoms with van der Waals surface area (Å²) in [6.07, 6.45) is 2.44. The van der Waals surface area contributed by atoms with Gasteiger partial charge in [0.25, 0.3) is 0 Å². The highest BCUT2D eigenvalue weighted by atomic mass is 35.5. The Morgan fingerprint density at radius 3 is 2.38 bits per heavy atom. The summed E-state index contributed by atoms with van der Waals surface area (Å²) >= 11 is 11.5. The van der Waals surface area contributed by atoms with Crippen molar-refractivity contribution in [2.24, 2.45) is 5.92 Å². The van der Waals surface area contributed by atoms with E-state index in [2.05, 4.69) is 57.7 Å². The van der Waals surface area contributed by atoms with Gasteiger partial charge in [0.15, 0.2) is 5.11 Å². The molecule has 3 aromatic rings. The number of aromatic nitrogens is 2. The second-order valence-electron chi connectivity index (χ2n) is 9.16. The Hall–Kier alpha value is -2.90. The van der Waals surface area contributed by atoms with Crippen molar-refractivity contribution >= 4 is 46.5 Å². The number of halogens is 1. The van der Waals surface area contributed by atoms with Crippen molar-refractivity contribution in [3.05, 3.63) is 76.3 Å². The maximum absolute atomic E-state index is 5.98. The number of benzene rings is 2. The van der Waals surface area contributed by atoms with Crippen molar-refractivity contribution in [3.63, 3.8) is 0 Å². The van der Waals surface area contributed by atoms with Crippen LogP contribution in [0.5, 0.6) is 0 Å². The molecule has 1 atom stereocenters. The summed E-state index contributed by atoms with van der Waals surface area (Å²) in [4.78, 5) is 14.4. The van der Waals surface area contributed by atoms with E-state index in [4.69, 9.17) is 33.8 Å². The lowest BCUT2D eigenvalue weighted by molar-refractivity contribution is 0.444. The third-order valence-corrected chi connectivity index (χ3v) is 6.93. The van der Waals surface area contributed by atoms with Crippen LogP contribution in [0.2, 0.25) is 5.02 Å². The molecule has 8 heteroatoms. The second kappa shape index (κ2) is 10.2. The normalized spacial score (nSPS) is 17.4. The predicted octanol–water partition coefficient (Wildman–Crippen LogP) is 5.37. The molecule has 0 spiro atoms. The molecule has 2 aliphatic heterocycles. The van der Waals surface area contributed by atoms with Gasteiger partial charge in [0.2, 0.25) is 5.95 Å². The number of nitrogens with one attached hydrogen (secondary N) is 2. The first kappa shape index (κ1) is 22.9. The van der Waals surface area contributed by atoms with Gasteiger partial charge in [-0.1, -0.05) is 54.9 Å². The lowest BCUT2D eigenvalue weighted by atomic mass is 10.0. The van der Waals surface area contributed by atoms with Crippen molar-refractivity contribution in [2.45, 2.75) is 39.4 Å². The number of nitrogens with zero attached hydrogens (tertiary/aromatic N) is 4. The molecule has 0 unspecified atom stereocenters. The molecule has 176 valence electrons. The first-order valence-electron chi connectivity index (χ1n) is 11.8. The van der Waals surface area contributed by atoms with Gasteiger partial charge in [0.1, 0.15) is 11.6 Å². The Labute approximate surface area is 211 Å². The molecule has 2 aliphatic rings. The molecule has 2 aromatic carbocycles. The molecule has 3 heterocycles. The maximum atomic E-state index is 5.98. The van der Waals surface area contributed by atoms with E-state index >= 15 is 0 Å². The summed E-state index contributed by atoms with van der Waals surface area (Å²) in [5.74, 6) is 3.05. The Balaban J connectivity index is 1.35. The lowest BCUT2D eigenvalue weighted by Gasteiger charge is -2.32. The molecule has 0 amide bonds. The number of piperidine rings is 1. The van der Waals surface area contributed by atoms with E-state index in [0.717, 1.165) is 48.4 Å². The van der Waals surface area contributed by atoms with Gasteiger partial charge >= 0.3 is 0 Å². The van der Waals surface area contributed by atoms with E-state index in [0.29, 0.717) is 23.5 Å². The molecule has 0 aliphatic carbocycles. The van der Waals surface area contributed by atoms with Crippen molar-refractivity contribution < 1.29 is 0 Å². The standard InChI is InChI=1S/C26H29ClN6S/c1-18-5-4-12-32(15-18)23-13-24(33-16-20-6-2-3-7-21(20)17-33)30-25(29-23)31-26(34)28-14-19-8-10-22(27)11-9-19/h2-3,6-11,13,18H,4-5,12,14-17H2,1H3,(H2,28,29,30,31,34)/t18-/m0/s1. The number of rotatable bonds is 5. The van der Waals surface area contributed by atoms with Gasteiger partial charge < -0.3 is 20.4 Å². The highest BCUT2D eigenvalue weighted by Gasteiger charge is 2.24. The van der Waals surface area contributed by atoms with Gasteiger partial charge in [-0.3, -0.25) is 0 Å². The van der Waals surface area contributed by atoms with Gasteiger partial charge in [-0.05, 0) is 59.8 Å². The molecule has 34 heavy (non-hydrogen) atoms. The quantitative estimate of drug-likeness (QED) is 0.464. The summed E-state index contributed by atoms with van der Waals surface area (Å²) in [6.45, 7) is 6.62. The van der Waals surface area contributed by atoms with Gasteiger partial charge in [0.05, 0.1) is 0 Å². The Morgan fingerprint density at radius 1 is 1.03 bits per heavy atom. The second-order valence-corrected chi connectivity index (χ2v) is 10.0. The highest BCUT2D eigenvalue weighted by Crippen LogP contribution is 2.31. The average molecular weight is 493 g/mol. The minimum absolute atomic E-state index is 0.495. The van der Waals surface area contributed by atoms with Gasteiger partial charge in [-0.25, -0.2) is 0 Å². The van der Waals surface area contributed by atoms with Crippen LogP contribution in [0.3, 0.4) is 0 Å². The average Bonchev–Trinajstić information content (AvgIpc) is 3.28. The molecule has 0 bridgehead atoms. The molecule has 0 saturated carbocycles. The van der Waals surface area contributed by atoms with Crippen molar-refractivity contribution in [1.82, 2.24) is 15.3 Å². The zero-order valence-corrected chi connectivity index (χ0v) is 20.9. The topological polar surface area (TPSA) is 56.3 Å². The van der Waals surface area contributed by atoms with Crippen LogP contribution in [-0.2, 0) is 19.6 Å². The first-order chi connectivity index (χ1) is 16.5. The summed E-state index contributed by atoms with van der Waals surface area (Å²) < 4.78 is 0. The minimum atomic E-state index is 0.495. The molecule has 1 saturated heterocycles. The summed E-state index contributed by atoms with van der Waals surface area (Å²) in [7, 11) is 0. The van der Waals surface area contributed by atoms with Gasteiger partial charge in [-0.15, -0.1) is 0 Å². The largest absolute Gasteiger partial charge is 0.358 e. The van der Waals surface area contributed by atoms with Crippen LogP contribution in [0.25, 0.3) is 0 Å². The summed E-state index contributed by atoms with van der Waals surface area (Å²) in [5, 5.41) is 7.68. The third-order valence-electron chi connectivity index (χ3n) is 6.44. The Bertz CT molecular complexity index is 1140. The van der Waals surface area contributed by atoms with Crippen LogP contribution in [-0.4, -0.2) is 28.2 Å². The van der Waals surface area contributed by atoms with Gasteiger partial charge in [0, 0.05) is 43.8 Å². The zero-order chi connectivity index (χ0) is 23.5. The fourth-order valence-corrected chi connectivity index (χ4v) is 4.91. The molecular formula is C26H29ClN6S. The summed E-state index contributed by atoms with van der Waals surface area (Å²) in [5.41, 5.74) is 3.80. The molecule has 2 N–H and O–H groups in total. The van der Waals surface area contributed by atoms with Crippen LogP contribution >= 0.6 is 23.8 Å². The molecule has 1 fully saturated rings. The van der Waals surface area contributed by atoms with E-state index < -0.39 is 0 Å². The van der Waals surface area contributed by atoms with Crippen molar-refractivity contribution in [3.8, 4) is 0 Å². The van der Waals surface area contributed by atoms with Crippen LogP contribution in [0.4, 0.5) is 17.6 Å². The van der Waals surface area contributed by atoms with Gasteiger partial charge in [-0.2, -0.15) is 9.97 Å². The van der Waals surface area contributed by atoms with Crippen LogP contribution < -0.4 is 20.4 Å². The van der Waals surface area contributed by atoms with Crippen molar-refractivity contribution in [1.29, 1.82) is 0 Å². The fraction of sp³-hybridized carbons (Fsp3) is 0.346. The van der Waals surface area contributed by atoms with E-state index in [1.807, 2.05) is 24.3 Å². The first-order valence-corrected chi connectivity index (χ1v) is 12.6. The fourth-order valence-electron chi connectivity index (χ4n) is 4.62. The van der Waals surface area contributed by atoms with E-state index in [1.165, 1.54) is 24.0 Å². The number of anilines is 3. The summed E-state index contributed by atoms with van der Waals surface area (Å²) in [6, 6.07) is 18.4. The van der Waals surface area contributed by atoms with Crippen LogP contribution in [0, 0.1) is 5.92 Å². The highest BCUT2D eigenvalue weighted by molar-refractivity contribution is 7.80. The number of thiocarbonyl (C=S) groups is 1. The molecule has 0 radical (unpaired) electrons. The molecule has 1 aromatic heterocycles. The maximum Gasteiger partial charge on any atom is 0.232 e.